The van der Waals surface area contributed by atoms with Crippen molar-refractivity contribution >= 4 is 51.3 Å². The molecule has 1 aliphatic rings. The van der Waals surface area contributed by atoms with Crippen LogP contribution in [0.5, 0.6) is 11.5 Å². The zero-order valence-electron chi connectivity index (χ0n) is 25.2. The summed E-state index contributed by atoms with van der Waals surface area (Å²) in [5, 5.41) is 20.8. The number of carbonyl (C=O) groups is 2. The largest absolute Gasteiger partial charge is 0.505 e. The van der Waals surface area contributed by atoms with Crippen molar-refractivity contribution in [2.45, 2.75) is 43.8 Å². The number of fused-ring (bicyclic) bond motifs is 1. The van der Waals surface area contributed by atoms with Gasteiger partial charge in [-0.15, -0.1) is 10.2 Å². The first-order valence-electron chi connectivity index (χ1n) is 14.5. The molecule has 0 aliphatic carbocycles. The fourth-order valence-corrected chi connectivity index (χ4v) is 7.12. The smallest absolute Gasteiger partial charge is 0.301 e. The molecule has 5 aromatic rings. The summed E-state index contributed by atoms with van der Waals surface area (Å²) in [6.07, 6.45) is 1.75. The molecule has 1 amide bonds. The van der Waals surface area contributed by atoms with Crippen molar-refractivity contribution in [1.29, 1.82) is 0 Å². The highest BCUT2D eigenvalue weighted by molar-refractivity contribution is 8.00. The summed E-state index contributed by atoms with van der Waals surface area (Å²) in [6, 6.07) is 17.9. The van der Waals surface area contributed by atoms with Crippen LogP contribution >= 0.6 is 23.1 Å². The highest BCUT2D eigenvalue weighted by Gasteiger charge is 2.49. The van der Waals surface area contributed by atoms with E-state index in [0.717, 1.165) is 5.56 Å². The predicted molar refractivity (Wildman–Crippen MR) is 174 cm³/mol. The van der Waals surface area contributed by atoms with Crippen LogP contribution in [-0.2, 0) is 15.3 Å². The predicted octanol–water partition coefficient (Wildman–Crippen LogP) is 6.52. The highest BCUT2D eigenvalue weighted by Crippen LogP contribution is 2.46. The number of Topliss-reactive ketones (excluding diaryl/α,β-unsaturated/α-hetero) is 1. The third kappa shape index (κ3) is 5.78. The molecule has 2 aromatic carbocycles. The molecule has 3 aromatic heterocycles. The molecular weight excluding hydrogens is 611 g/mol. The van der Waals surface area contributed by atoms with E-state index in [1.807, 2.05) is 26.8 Å². The summed E-state index contributed by atoms with van der Waals surface area (Å²) in [5.74, 6) is -0.322. The maximum atomic E-state index is 13.8. The Morgan fingerprint density at radius 1 is 0.978 bits per heavy atom. The lowest BCUT2D eigenvalue weighted by Gasteiger charge is -2.23. The number of hydrogen-bond acceptors (Lipinski definition) is 10. The van der Waals surface area contributed by atoms with E-state index in [2.05, 4.69) is 39.4 Å². The van der Waals surface area contributed by atoms with Gasteiger partial charge in [0.05, 0.1) is 30.5 Å². The Kier molecular flexibility index (Phi) is 8.59. The maximum Gasteiger partial charge on any atom is 0.301 e. The molecule has 4 heterocycles. The molecule has 0 radical (unpaired) electrons. The second-order valence-electron chi connectivity index (χ2n) is 10.3. The molecule has 1 N–H and O–H groups in total. The molecule has 1 fully saturated rings. The van der Waals surface area contributed by atoms with E-state index in [4.69, 9.17) is 9.47 Å². The summed E-state index contributed by atoms with van der Waals surface area (Å²) in [6.45, 7) is 8.33. The number of thioether (sulfide) groups is 1. The molecule has 230 valence electrons. The molecule has 0 bridgehead atoms. The van der Waals surface area contributed by atoms with Gasteiger partial charge in [0, 0.05) is 11.9 Å². The molecular formula is C33H31N5O5S2. The monoisotopic (exact) mass is 641 g/mol. The van der Waals surface area contributed by atoms with Crippen LogP contribution in [0.2, 0.25) is 0 Å². The molecule has 10 nitrogen and oxygen atoms in total. The van der Waals surface area contributed by atoms with Gasteiger partial charge < -0.3 is 14.6 Å². The second kappa shape index (κ2) is 12.7. The van der Waals surface area contributed by atoms with E-state index in [1.165, 1.54) is 33.6 Å². The van der Waals surface area contributed by atoms with Gasteiger partial charge in [-0.2, -0.15) is 0 Å². The average molecular weight is 642 g/mol. The van der Waals surface area contributed by atoms with Gasteiger partial charge in [-0.05, 0) is 63.1 Å². The molecule has 0 saturated carbocycles. The topological polar surface area (TPSA) is 119 Å². The lowest BCUT2D eigenvalue weighted by molar-refractivity contribution is -0.132. The van der Waals surface area contributed by atoms with Crippen LogP contribution in [0.15, 0.2) is 76.8 Å². The summed E-state index contributed by atoms with van der Waals surface area (Å²) in [4.78, 5) is 33.5. The number of aryl methyl sites for hydroxylation is 2. The Morgan fingerprint density at radius 3 is 2.49 bits per heavy atom. The minimum atomic E-state index is -1.02. The second-order valence-corrected chi connectivity index (χ2v) is 12.5. The number of rotatable bonds is 10. The number of nitrogens with zero attached hydrogens (tertiary/aromatic N) is 5. The Morgan fingerprint density at radius 2 is 1.73 bits per heavy atom. The molecule has 45 heavy (non-hydrogen) atoms. The number of hydrogen-bond donors (Lipinski definition) is 1. The summed E-state index contributed by atoms with van der Waals surface area (Å²) < 4.78 is 14.0. The number of ketones is 1. The first-order valence-corrected chi connectivity index (χ1v) is 16.3. The lowest BCUT2D eigenvalue weighted by atomic mass is 9.96. The zero-order valence-corrected chi connectivity index (χ0v) is 26.8. The van der Waals surface area contributed by atoms with Crippen LogP contribution < -0.4 is 14.4 Å². The van der Waals surface area contributed by atoms with Crippen molar-refractivity contribution < 1.29 is 24.2 Å². The first-order chi connectivity index (χ1) is 21.8. The number of imidazole rings is 1. The lowest BCUT2D eigenvalue weighted by Crippen LogP contribution is -2.29. The quantitative estimate of drug-likeness (QED) is 0.0598. The number of aliphatic hydroxyl groups is 1. The number of pyridine rings is 1. The van der Waals surface area contributed by atoms with Gasteiger partial charge in [-0.3, -0.25) is 18.9 Å². The number of benzene rings is 2. The van der Waals surface area contributed by atoms with Gasteiger partial charge in [-0.25, -0.2) is 4.98 Å². The van der Waals surface area contributed by atoms with Crippen LogP contribution in [0, 0.1) is 13.8 Å². The molecule has 6 rings (SSSR count). The van der Waals surface area contributed by atoms with E-state index in [0.29, 0.717) is 57.4 Å². The van der Waals surface area contributed by atoms with Crippen LogP contribution in [0.1, 0.15) is 48.0 Å². The van der Waals surface area contributed by atoms with Crippen molar-refractivity contribution in [3.05, 3.63) is 101 Å². The highest BCUT2D eigenvalue weighted by atomic mass is 32.2. The minimum absolute atomic E-state index is 0.0792. The fourth-order valence-electron chi connectivity index (χ4n) is 5.30. The van der Waals surface area contributed by atoms with Gasteiger partial charge in [0.2, 0.25) is 5.13 Å². The van der Waals surface area contributed by atoms with Gasteiger partial charge in [0.25, 0.3) is 5.78 Å². The van der Waals surface area contributed by atoms with Crippen LogP contribution in [0.4, 0.5) is 5.13 Å². The maximum absolute atomic E-state index is 13.8. The molecule has 1 saturated heterocycles. The van der Waals surface area contributed by atoms with Crippen molar-refractivity contribution in [1.82, 2.24) is 19.6 Å². The number of ether oxygens (including phenoxy) is 2. The molecule has 1 aliphatic heterocycles. The number of aromatic nitrogens is 4. The van der Waals surface area contributed by atoms with Crippen LogP contribution in [0.3, 0.4) is 0 Å². The Labute approximate surface area is 268 Å². The number of aliphatic hydroxyl groups excluding tert-OH is 1. The van der Waals surface area contributed by atoms with E-state index >= 15 is 0 Å². The summed E-state index contributed by atoms with van der Waals surface area (Å²) in [5.41, 5.74) is 4.21. The minimum Gasteiger partial charge on any atom is -0.505 e. The normalized spacial score (nSPS) is 16.1. The van der Waals surface area contributed by atoms with Crippen molar-refractivity contribution in [2.75, 3.05) is 18.1 Å². The van der Waals surface area contributed by atoms with Gasteiger partial charge >= 0.3 is 5.91 Å². The SMILES string of the molecule is CCOc1ccc(C2/C(=C(\O)c3c(C)nc4ccccn34)C(=O)C(=O)N2c2nnc(SCc3ccc(C)cc3)s2)cc1OCC. The van der Waals surface area contributed by atoms with Crippen molar-refractivity contribution in [2.24, 2.45) is 0 Å². The Hall–Kier alpha value is -4.68. The van der Waals surface area contributed by atoms with E-state index in [9.17, 15) is 14.7 Å². The van der Waals surface area contributed by atoms with Gasteiger partial charge in [0.15, 0.2) is 21.6 Å². The Bertz CT molecular complexity index is 1930. The third-order valence-corrected chi connectivity index (χ3v) is 9.47. The summed E-state index contributed by atoms with van der Waals surface area (Å²) in [7, 11) is 0. The van der Waals surface area contributed by atoms with E-state index in [1.54, 1.807) is 47.9 Å². The average Bonchev–Trinajstić information content (AvgIpc) is 3.71. The van der Waals surface area contributed by atoms with Crippen molar-refractivity contribution in [3.63, 3.8) is 0 Å². The summed E-state index contributed by atoms with van der Waals surface area (Å²) >= 11 is 2.71. The number of amides is 1. The van der Waals surface area contributed by atoms with E-state index < -0.39 is 17.7 Å². The standard InChI is InChI=1S/C33H31N5O5S2/c1-5-42-23-15-14-22(17-24(23)43-6-2)28-26(29(39)27-20(4)34-25-9-7-8-16-37(25)27)30(40)31(41)38(28)32-35-36-33(45-32)44-18-21-12-10-19(3)11-13-21/h7-17,28,39H,5-6,18H2,1-4H3/b29-26+. The first kappa shape index (κ1) is 30.4. The molecule has 1 unspecified atom stereocenters. The Balaban J connectivity index is 1.47. The van der Waals surface area contributed by atoms with Gasteiger partial charge in [-0.1, -0.05) is 65.1 Å². The van der Waals surface area contributed by atoms with Crippen LogP contribution in [0.25, 0.3) is 11.4 Å². The third-order valence-electron chi connectivity index (χ3n) is 7.34. The van der Waals surface area contributed by atoms with Crippen LogP contribution in [-0.4, -0.2) is 49.6 Å². The van der Waals surface area contributed by atoms with Gasteiger partial charge in [0.1, 0.15) is 11.3 Å². The fraction of sp³-hybridized carbons (Fsp3) is 0.242. The number of carbonyl (C=O) groups excluding carboxylic acids is 2. The number of anilines is 1. The molecule has 12 heteroatoms. The van der Waals surface area contributed by atoms with Crippen molar-refractivity contribution in [3.8, 4) is 11.5 Å². The molecule has 0 spiro atoms. The van der Waals surface area contributed by atoms with E-state index in [-0.39, 0.29) is 16.5 Å². The molecule has 1 atom stereocenters. The zero-order chi connectivity index (χ0) is 31.7.